The number of thiophene rings is 1. The number of carbonyl (C=O) groups is 1. The van der Waals surface area contributed by atoms with Gasteiger partial charge in [-0.3, -0.25) is 9.69 Å². The summed E-state index contributed by atoms with van der Waals surface area (Å²) >= 11 is 1.48. The normalized spacial score (nSPS) is 24.3. The maximum absolute atomic E-state index is 11.7. The number of nitrogens with zero attached hydrogens (tertiary/aromatic N) is 1. The van der Waals surface area contributed by atoms with E-state index in [4.69, 9.17) is 4.74 Å². The molecule has 0 bridgehead atoms. The van der Waals surface area contributed by atoms with Crippen LogP contribution in [0.5, 0.6) is 0 Å². The van der Waals surface area contributed by atoms with Crippen LogP contribution in [0, 0.1) is 0 Å². The van der Waals surface area contributed by atoms with Gasteiger partial charge in [0.1, 0.15) is 0 Å². The number of hydrogen-bond donors (Lipinski definition) is 1. The highest BCUT2D eigenvalue weighted by molar-refractivity contribution is 7.12. The van der Waals surface area contributed by atoms with E-state index in [1.165, 1.54) is 11.3 Å². The predicted molar refractivity (Wildman–Crippen MR) is 77.7 cm³/mol. The number of ether oxygens (including phenoxy) is 1. The maximum Gasteiger partial charge on any atom is 0.261 e. The van der Waals surface area contributed by atoms with E-state index in [1.807, 2.05) is 17.5 Å². The Morgan fingerprint density at radius 1 is 1.47 bits per heavy atom. The first-order valence-electron chi connectivity index (χ1n) is 6.84. The van der Waals surface area contributed by atoms with Gasteiger partial charge in [-0.05, 0) is 31.7 Å². The molecule has 0 unspecified atom stereocenters. The quantitative estimate of drug-likeness (QED) is 0.840. The Bertz CT molecular complexity index is 384. The Morgan fingerprint density at radius 3 is 2.84 bits per heavy atom. The van der Waals surface area contributed by atoms with Crippen molar-refractivity contribution >= 4 is 17.2 Å². The molecule has 1 fully saturated rings. The lowest BCUT2D eigenvalue weighted by Crippen LogP contribution is -2.46. The van der Waals surface area contributed by atoms with Crippen LogP contribution in [0.2, 0.25) is 0 Å². The van der Waals surface area contributed by atoms with Crippen LogP contribution in [0.15, 0.2) is 17.5 Å². The van der Waals surface area contributed by atoms with Crippen molar-refractivity contribution in [2.24, 2.45) is 0 Å². The second-order valence-electron chi connectivity index (χ2n) is 5.10. The standard InChI is InChI=1S/C14H22N2O2S/c1-11-9-16(10-12(2)18-11)7-4-6-15-14(17)13-5-3-8-19-13/h3,5,8,11-12H,4,6-7,9-10H2,1-2H3,(H,15,17)/t11-,12-/m0/s1. The summed E-state index contributed by atoms with van der Waals surface area (Å²) in [6.45, 7) is 7.95. The number of amides is 1. The van der Waals surface area contributed by atoms with Gasteiger partial charge >= 0.3 is 0 Å². The second-order valence-corrected chi connectivity index (χ2v) is 6.05. The van der Waals surface area contributed by atoms with Crippen molar-refractivity contribution in [2.45, 2.75) is 32.5 Å². The first-order valence-corrected chi connectivity index (χ1v) is 7.72. The van der Waals surface area contributed by atoms with E-state index < -0.39 is 0 Å². The smallest absolute Gasteiger partial charge is 0.261 e. The fourth-order valence-corrected chi connectivity index (χ4v) is 3.11. The molecular weight excluding hydrogens is 260 g/mol. The van der Waals surface area contributed by atoms with Gasteiger partial charge < -0.3 is 10.1 Å². The Kier molecular flexibility index (Phi) is 5.36. The molecule has 5 heteroatoms. The fourth-order valence-electron chi connectivity index (χ4n) is 2.47. The van der Waals surface area contributed by atoms with E-state index >= 15 is 0 Å². The molecule has 1 aliphatic heterocycles. The zero-order valence-electron chi connectivity index (χ0n) is 11.6. The Morgan fingerprint density at radius 2 is 2.21 bits per heavy atom. The van der Waals surface area contributed by atoms with Crippen molar-refractivity contribution < 1.29 is 9.53 Å². The number of carbonyl (C=O) groups excluding carboxylic acids is 1. The summed E-state index contributed by atoms with van der Waals surface area (Å²) in [4.78, 5) is 14.9. The molecule has 1 aromatic heterocycles. The van der Waals surface area contributed by atoms with Crippen LogP contribution in [0.25, 0.3) is 0 Å². The average molecular weight is 282 g/mol. The van der Waals surface area contributed by atoms with Crippen molar-refractivity contribution in [2.75, 3.05) is 26.2 Å². The summed E-state index contributed by atoms with van der Waals surface area (Å²) in [5.41, 5.74) is 0. The summed E-state index contributed by atoms with van der Waals surface area (Å²) in [6.07, 6.45) is 1.60. The van der Waals surface area contributed by atoms with Crippen LogP contribution in [0.4, 0.5) is 0 Å². The molecule has 1 amide bonds. The van der Waals surface area contributed by atoms with Gasteiger partial charge in [0, 0.05) is 26.2 Å². The minimum absolute atomic E-state index is 0.0405. The fraction of sp³-hybridized carbons (Fsp3) is 0.643. The lowest BCUT2D eigenvalue weighted by Gasteiger charge is -2.35. The van der Waals surface area contributed by atoms with Gasteiger partial charge in [-0.2, -0.15) is 0 Å². The largest absolute Gasteiger partial charge is 0.373 e. The van der Waals surface area contributed by atoms with Crippen LogP contribution in [-0.4, -0.2) is 49.2 Å². The lowest BCUT2D eigenvalue weighted by atomic mass is 10.2. The molecule has 19 heavy (non-hydrogen) atoms. The van der Waals surface area contributed by atoms with Crippen molar-refractivity contribution in [3.63, 3.8) is 0 Å². The molecule has 0 aromatic carbocycles. The molecule has 0 spiro atoms. The Balaban J connectivity index is 1.63. The van der Waals surface area contributed by atoms with Crippen molar-refractivity contribution in [1.29, 1.82) is 0 Å². The molecular formula is C14H22N2O2S. The minimum atomic E-state index is 0.0405. The van der Waals surface area contributed by atoms with Gasteiger partial charge in [0.15, 0.2) is 0 Å². The molecule has 4 nitrogen and oxygen atoms in total. The number of rotatable bonds is 5. The molecule has 2 atom stereocenters. The average Bonchev–Trinajstić information content (AvgIpc) is 2.87. The monoisotopic (exact) mass is 282 g/mol. The topological polar surface area (TPSA) is 41.6 Å². The molecule has 0 radical (unpaired) electrons. The summed E-state index contributed by atoms with van der Waals surface area (Å²) in [6, 6.07) is 3.75. The highest BCUT2D eigenvalue weighted by Crippen LogP contribution is 2.11. The third-order valence-electron chi connectivity index (χ3n) is 3.18. The first kappa shape index (κ1) is 14.5. The van der Waals surface area contributed by atoms with Gasteiger partial charge in [0.25, 0.3) is 5.91 Å². The molecule has 1 N–H and O–H groups in total. The van der Waals surface area contributed by atoms with E-state index in [9.17, 15) is 4.79 Å². The molecule has 2 heterocycles. The van der Waals surface area contributed by atoms with E-state index in [-0.39, 0.29) is 5.91 Å². The molecule has 106 valence electrons. The van der Waals surface area contributed by atoms with Gasteiger partial charge in [-0.1, -0.05) is 6.07 Å². The minimum Gasteiger partial charge on any atom is -0.373 e. The van der Waals surface area contributed by atoms with Gasteiger partial charge in [-0.15, -0.1) is 11.3 Å². The molecule has 0 saturated carbocycles. The van der Waals surface area contributed by atoms with Crippen molar-refractivity contribution in [3.05, 3.63) is 22.4 Å². The number of morpholine rings is 1. The second kappa shape index (κ2) is 7.03. The number of nitrogens with one attached hydrogen (secondary N) is 1. The maximum atomic E-state index is 11.7. The zero-order chi connectivity index (χ0) is 13.7. The Hall–Kier alpha value is -0.910. The van der Waals surface area contributed by atoms with E-state index in [0.29, 0.717) is 12.2 Å². The first-order chi connectivity index (χ1) is 9.15. The Labute approximate surface area is 118 Å². The van der Waals surface area contributed by atoms with Gasteiger partial charge in [0.2, 0.25) is 0 Å². The molecule has 1 saturated heterocycles. The summed E-state index contributed by atoms with van der Waals surface area (Å²) in [7, 11) is 0. The molecule has 2 rings (SSSR count). The van der Waals surface area contributed by atoms with E-state index in [1.54, 1.807) is 0 Å². The van der Waals surface area contributed by atoms with Crippen molar-refractivity contribution in [3.8, 4) is 0 Å². The molecule has 0 aliphatic carbocycles. The summed E-state index contributed by atoms with van der Waals surface area (Å²) in [5.74, 6) is 0.0405. The summed E-state index contributed by atoms with van der Waals surface area (Å²) < 4.78 is 5.70. The lowest BCUT2D eigenvalue weighted by molar-refractivity contribution is -0.0679. The van der Waals surface area contributed by atoms with E-state index in [2.05, 4.69) is 24.1 Å². The summed E-state index contributed by atoms with van der Waals surface area (Å²) in [5, 5.41) is 4.88. The van der Waals surface area contributed by atoms with Crippen LogP contribution < -0.4 is 5.32 Å². The molecule has 1 aromatic rings. The SMILES string of the molecule is C[C@H]1CN(CCCNC(=O)c2cccs2)C[C@H](C)O1. The highest BCUT2D eigenvalue weighted by atomic mass is 32.1. The highest BCUT2D eigenvalue weighted by Gasteiger charge is 2.21. The molecule has 1 aliphatic rings. The van der Waals surface area contributed by atoms with Crippen LogP contribution in [0.3, 0.4) is 0 Å². The number of hydrogen-bond acceptors (Lipinski definition) is 4. The van der Waals surface area contributed by atoms with Crippen LogP contribution in [0.1, 0.15) is 29.9 Å². The third-order valence-corrected chi connectivity index (χ3v) is 4.05. The van der Waals surface area contributed by atoms with Gasteiger partial charge in [0.05, 0.1) is 17.1 Å². The zero-order valence-corrected chi connectivity index (χ0v) is 12.4. The van der Waals surface area contributed by atoms with Crippen LogP contribution >= 0.6 is 11.3 Å². The van der Waals surface area contributed by atoms with Crippen molar-refractivity contribution in [1.82, 2.24) is 10.2 Å². The van der Waals surface area contributed by atoms with Crippen LogP contribution in [-0.2, 0) is 4.74 Å². The predicted octanol–water partition coefficient (Wildman–Crippen LogP) is 1.98. The third kappa shape index (κ3) is 4.60. The van der Waals surface area contributed by atoms with Gasteiger partial charge in [-0.25, -0.2) is 0 Å². The van der Waals surface area contributed by atoms with E-state index in [0.717, 1.165) is 37.5 Å².